The van der Waals surface area contributed by atoms with Crippen molar-refractivity contribution in [3.05, 3.63) is 29.8 Å². The summed E-state index contributed by atoms with van der Waals surface area (Å²) in [4.78, 5) is 11.9. The summed E-state index contributed by atoms with van der Waals surface area (Å²) in [6.45, 7) is 6.05. The molecule has 0 aliphatic carbocycles. The van der Waals surface area contributed by atoms with E-state index in [1.54, 1.807) is 0 Å². The van der Waals surface area contributed by atoms with Crippen molar-refractivity contribution < 1.29 is 14.6 Å². The Bertz CT molecular complexity index is 479. The predicted molar refractivity (Wildman–Crippen MR) is 93.2 cm³/mol. The number of hydrogen-bond donors (Lipinski definition) is 3. The number of amides is 1. The average Bonchev–Trinajstić information content (AvgIpc) is 2.93. The first-order chi connectivity index (χ1) is 10.5. The van der Waals surface area contributed by atoms with Gasteiger partial charge in [0.25, 0.3) is 0 Å². The van der Waals surface area contributed by atoms with Gasteiger partial charge in [0.2, 0.25) is 5.91 Å². The van der Waals surface area contributed by atoms with Gasteiger partial charge in [-0.05, 0) is 36.5 Å². The van der Waals surface area contributed by atoms with Crippen LogP contribution < -0.4 is 15.4 Å². The maximum absolute atomic E-state index is 11.9. The fraction of sp³-hybridized carbons (Fsp3) is 0.588. The first-order valence-corrected chi connectivity index (χ1v) is 7.95. The predicted octanol–water partition coefficient (Wildman–Crippen LogP) is 1.52. The topological polar surface area (TPSA) is 70.6 Å². The van der Waals surface area contributed by atoms with Crippen LogP contribution >= 0.6 is 12.4 Å². The normalized spacial score (nSPS) is 20.2. The van der Waals surface area contributed by atoms with Crippen molar-refractivity contribution in [3.63, 3.8) is 0 Å². The van der Waals surface area contributed by atoms with E-state index in [0.717, 1.165) is 24.3 Å². The highest BCUT2D eigenvalue weighted by molar-refractivity contribution is 5.85. The van der Waals surface area contributed by atoms with Gasteiger partial charge in [-0.1, -0.05) is 26.0 Å². The van der Waals surface area contributed by atoms with E-state index < -0.39 is 6.10 Å². The Labute approximate surface area is 144 Å². The van der Waals surface area contributed by atoms with Gasteiger partial charge >= 0.3 is 0 Å². The van der Waals surface area contributed by atoms with Gasteiger partial charge in [-0.25, -0.2) is 0 Å². The van der Waals surface area contributed by atoms with E-state index in [1.165, 1.54) is 0 Å². The fourth-order valence-corrected chi connectivity index (χ4v) is 2.39. The molecule has 2 unspecified atom stereocenters. The van der Waals surface area contributed by atoms with E-state index in [-0.39, 0.29) is 24.4 Å². The SMILES string of the molecule is CC(C)COc1ccc(CCNC(=O)C2CC(O)CN2)cc1.Cl. The van der Waals surface area contributed by atoms with E-state index in [9.17, 15) is 9.90 Å². The number of aliphatic hydroxyl groups excluding tert-OH is 1. The van der Waals surface area contributed by atoms with Crippen LogP contribution in [0.3, 0.4) is 0 Å². The van der Waals surface area contributed by atoms with Gasteiger partial charge in [0.15, 0.2) is 0 Å². The second kappa shape index (κ2) is 9.75. The van der Waals surface area contributed by atoms with E-state index in [4.69, 9.17) is 4.74 Å². The van der Waals surface area contributed by atoms with Gasteiger partial charge in [0.05, 0.1) is 18.8 Å². The minimum absolute atomic E-state index is 0. The first kappa shape index (κ1) is 19.7. The molecule has 0 aromatic heterocycles. The Balaban J connectivity index is 0.00000264. The summed E-state index contributed by atoms with van der Waals surface area (Å²) < 4.78 is 5.64. The number of aliphatic hydroxyl groups is 1. The molecule has 1 aromatic rings. The third-order valence-corrected chi connectivity index (χ3v) is 3.64. The van der Waals surface area contributed by atoms with Gasteiger partial charge in [-0.2, -0.15) is 0 Å². The molecule has 130 valence electrons. The highest BCUT2D eigenvalue weighted by Gasteiger charge is 2.27. The molecule has 1 aliphatic rings. The molecule has 0 radical (unpaired) electrons. The van der Waals surface area contributed by atoms with Gasteiger partial charge in [-0.15, -0.1) is 12.4 Å². The lowest BCUT2D eigenvalue weighted by Crippen LogP contribution is -2.41. The number of benzene rings is 1. The average molecular weight is 343 g/mol. The summed E-state index contributed by atoms with van der Waals surface area (Å²) in [5.41, 5.74) is 1.16. The van der Waals surface area contributed by atoms with Crippen LogP contribution in [-0.2, 0) is 11.2 Å². The Hall–Kier alpha value is -1.30. The smallest absolute Gasteiger partial charge is 0.237 e. The van der Waals surface area contributed by atoms with Crippen molar-refractivity contribution in [2.45, 2.75) is 38.8 Å². The minimum Gasteiger partial charge on any atom is -0.493 e. The van der Waals surface area contributed by atoms with Crippen LogP contribution in [0.1, 0.15) is 25.8 Å². The second-order valence-electron chi connectivity index (χ2n) is 6.24. The van der Waals surface area contributed by atoms with Gasteiger partial charge in [0.1, 0.15) is 5.75 Å². The maximum Gasteiger partial charge on any atom is 0.237 e. The summed E-state index contributed by atoms with van der Waals surface area (Å²) in [5, 5.41) is 15.3. The zero-order valence-corrected chi connectivity index (χ0v) is 14.6. The summed E-state index contributed by atoms with van der Waals surface area (Å²) >= 11 is 0. The fourth-order valence-electron chi connectivity index (χ4n) is 2.39. The van der Waals surface area contributed by atoms with Crippen LogP contribution in [0.5, 0.6) is 5.75 Å². The van der Waals surface area contributed by atoms with Crippen molar-refractivity contribution in [1.29, 1.82) is 0 Å². The number of halogens is 1. The summed E-state index contributed by atoms with van der Waals surface area (Å²) in [5.74, 6) is 1.36. The Kier molecular flexibility index (Phi) is 8.37. The molecule has 1 amide bonds. The number of hydrogen-bond acceptors (Lipinski definition) is 4. The van der Waals surface area contributed by atoms with Crippen LogP contribution in [0.2, 0.25) is 0 Å². The lowest BCUT2D eigenvalue weighted by molar-refractivity contribution is -0.122. The number of rotatable bonds is 7. The molecule has 1 aromatic carbocycles. The zero-order valence-electron chi connectivity index (χ0n) is 13.7. The molecule has 0 spiro atoms. The van der Waals surface area contributed by atoms with E-state index in [0.29, 0.717) is 25.4 Å². The molecule has 2 atom stereocenters. The van der Waals surface area contributed by atoms with Crippen LogP contribution in [0, 0.1) is 5.92 Å². The number of β-amino-alcohol motifs (C(OH)–C–C–N with tert-alkyl or cyclic N) is 1. The van der Waals surface area contributed by atoms with Crippen LogP contribution in [0.25, 0.3) is 0 Å². The molecule has 1 heterocycles. The number of nitrogens with one attached hydrogen (secondary N) is 2. The quantitative estimate of drug-likeness (QED) is 0.702. The lowest BCUT2D eigenvalue weighted by atomic mass is 10.1. The van der Waals surface area contributed by atoms with Gasteiger partial charge < -0.3 is 20.5 Å². The first-order valence-electron chi connectivity index (χ1n) is 7.95. The summed E-state index contributed by atoms with van der Waals surface area (Å²) in [6.07, 6.45) is 0.869. The van der Waals surface area contributed by atoms with Crippen LogP contribution in [0.4, 0.5) is 0 Å². The molecule has 1 aliphatic heterocycles. The minimum atomic E-state index is -0.408. The van der Waals surface area contributed by atoms with Gasteiger partial charge in [0, 0.05) is 13.1 Å². The monoisotopic (exact) mass is 342 g/mol. The maximum atomic E-state index is 11.9. The van der Waals surface area contributed by atoms with Crippen molar-refractivity contribution in [3.8, 4) is 5.75 Å². The largest absolute Gasteiger partial charge is 0.493 e. The van der Waals surface area contributed by atoms with E-state index in [2.05, 4.69) is 24.5 Å². The highest BCUT2D eigenvalue weighted by atomic mass is 35.5. The Morgan fingerprint density at radius 2 is 2.09 bits per heavy atom. The molecular formula is C17H27ClN2O3. The van der Waals surface area contributed by atoms with Crippen molar-refractivity contribution in [1.82, 2.24) is 10.6 Å². The van der Waals surface area contributed by atoms with Crippen LogP contribution in [-0.4, -0.2) is 42.9 Å². The molecule has 0 saturated carbocycles. The second-order valence-corrected chi connectivity index (χ2v) is 6.24. The Morgan fingerprint density at radius 3 is 2.65 bits per heavy atom. The molecule has 0 bridgehead atoms. The Morgan fingerprint density at radius 1 is 1.39 bits per heavy atom. The van der Waals surface area contributed by atoms with E-state index in [1.807, 2.05) is 24.3 Å². The molecule has 2 rings (SSSR count). The third kappa shape index (κ3) is 6.77. The molecule has 5 nitrogen and oxygen atoms in total. The van der Waals surface area contributed by atoms with Crippen molar-refractivity contribution >= 4 is 18.3 Å². The molecule has 3 N–H and O–H groups in total. The molecular weight excluding hydrogens is 316 g/mol. The molecule has 23 heavy (non-hydrogen) atoms. The highest BCUT2D eigenvalue weighted by Crippen LogP contribution is 2.13. The lowest BCUT2D eigenvalue weighted by Gasteiger charge is -2.11. The molecule has 1 fully saturated rings. The number of ether oxygens (including phenoxy) is 1. The van der Waals surface area contributed by atoms with Crippen LogP contribution in [0.15, 0.2) is 24.3 Å². The summed E-state index contributed by atoms with van der Waals surface area (Å²) in [6, 6.07) is 7.73. The zero-order chi connectivity index (χ0) is 15.9. The van der Waals surface area contributed by atoms with Crippen molar-refractivity contribution in [2.24, 2.45) is 5.92 Å². The molecule has 6 heteroatoms. The third-order valence-electron chi connectivity index (χ3n) is 3.64. The van der Waals surface area contributed by atoms with Crippen molar-refractivity contribution in [2.75, 3.05) is 19.7 Å². The standard InChI is InChI=1S/C17H26N2O3.ClH/c1-12(2)11-22-15-5-3-13(4-6-15)7-8-18-17(21)16-9-14(20)10-19-16;/h3-6,12,14,16,19-20H,7-11H2,1-2H3,(H,18,21);1H. The number of carbonyl (C=O) groups excluding carboxylic acids is 1. The molecule has 1 saturated heterocycles. The van der Waals surface area contributed by atoms with Gasteiger partial charge in [-0.3, -0.25) is 4.79 Å². The van der Waals surface area contributed by atoms with E-state index >= 15 is 0 Å². The number of carbonyl (C=O) groups is 1. The summed E-state index contributed by atoms with van der Waals surface area (Å²) in [7, 11) is 0.